The summed E-state index contributed by atoms with van der Waals surface area (Å²) in [5.41, 5.74) is 0.572. The molecule has 0 unspecified atom stereocenters. The molecular formula is C19H24N2O4S. The number of carbonyl (C=O) groups excluding carboxylic acids is 1. The minimum Gasteiger partial charge on any atom is -0.383 e. The lowest BCUT2D eigenvalue weighted by molar-refractivity contribution is -0.130. The van der Waals surface area contributed by atoms with Crippen molar-refractivity contribution in [3.8, 4) is 0 Å². The number of sulfonamides is 1. The van der Waals surface area contributed by atoms with Crippen molar-refractivity contribution < 1.29 is 17.9 Å². The number of carbonyl (C=O) groups is 1. The Bertz CT molecular complexity index is 919. The molecule has 0 aromatic heterocycles. The third-order valence-corrected chi connectivity index (χ3v) is 6.27. The van der Waals surface area contributed by atoms with Crippen LogP contribution in [0.25, 0.3) is 10.8 Å². The number of methoxy groups -OCH3 is 1. The van der Waals surface area contributed by atoms with Gasteiger partial charge in [0, 0.05) is 25.6 Å². The van der Waals surface area contributed by atoms with Gasteiger partial charge >= 0.3 is 0 Å². The van der Waals surface area contributed by atoms with E-state index >= 15 is 0 Å². The number of hydrogen-bond donors (Lipinski definition) is 0. The maximum absolute atomic E-state index is 13.0. The SMILES string of the molecule is COCCN(CC(C)C)C(=O)CN1c2cccc3cccc(c23)S1(=O)=O. The average molecular weight is 376 g/mol. The zero-order valence-electron chi connectivity index (χ0n) is 15.3. The van der Waals surface area contributed by atoms with Crippen LogP contribution in [0.2, 0.25) is 0 Å². The molecule has 0 radical (unpaired) electrons. The van der Waals surface area contributed by atoms with Gasteiger partial charge in [-0.2, -0.15) is 0 Å². The van der Waals surface area contributed by atoms with Gasteiger partial charge < -0.3 is 9.64 Å². The molecule has 0 atom stereocenters. The summed E-state index contributed by atoms with van der Waals surface area (Å²) in [5.74, 6) is 0.0655. The number of ether oxygens (including phenoxy) is 1. The number of rotatable bonds is 7. The van der Waals surface area contributed by atoms with Crippen LogP contribution in [-0.2, 0) is 19.6 Å². The topological polar surface area (TPSA) is 66.9 Å². The molecule has 0 spiro atoms. The van der Waals surface area contributed by atoms with E-state index in [0.29, 0.717) is 30.8 Å². The van der Waals surface area contributed by atoms with Crippen LogP contribution >= 0.6 is 0 Å². The summed E-state index contributed by atoms with van der Waals surface area (Å²) < 4.78 is 32.3. The number of nitrogens with zero attached hydrogens (tertiary/aromatic N) is 2. The van der Waals surface area contributed by atoms with Gasteiger partial charge in [-0.3, -0.25) is 9.10 Å². The fourth-order valence-electron chi connectivity index (χ4n) is 3.31. The molecule has 6 nitrogen and oxygen atoms in total. The van der Waals surface area contributed by atoms with E-state index < -0.39 is 10.0 Å². The second-order valence-corrected chi connectivity index (χ2v) is 8.70. The molecule has 0 bridgehead atoms. The van der Waals surface area contributed by atoms with E-state index in [1.165, 1.54) is 4.31 Å². The van der Waals surface area contributed by atoms with E-state index in [1.54, 1.807) is 30.2 Å². The average Bonchev–Trinajstić information content (AvgIpc) is 2.82. The summed E-state index contributed by atoms with van der Waals surface area (Å²) in [6.45, 7) is 5.27. The largest absolute Gasteiger partial charge is 0.383 e. The highest BCUT2D eigenvalue weighted by Crippen LogP contribution is 2.41. The molecule has 2 aromatic rings. The summed E-state index contributed by atoms with van der Waals surface area (Å²) in [4.78, 5) is 14.8. The first-order valence-electron chi connectivity index (χ1n) is 8.67. The number of benzene rings is 2. The van der Waals surface area contributed by atoms with Crippen LogP contribution in [0.4, 0.5) is 5.69 Å². The van der Waals surface area contributed by atoms with Crippen LogP contribution < -0.4 is 4.31 Å². The molecular weight excluding hydrogens is 352 g/mol. The zero-order chi connectivity index (χ0) is 18.9. The fourth-order valence-corrected chi connectivity index (χ4v) is 4.97. The van der Waals surface area contributed by atoms with E-state index in [2.05, 4.69) is 0 Å². The summed E-state index contributed by atoms with van der Waals surface area (Å²) >= 11 is 0. The summed E-state index contributed by atoms with van der Waals surface area (Å²) in [5, 5.41) is 1.55. The molecule has 0 N–H and O–H groups in total. The molecule has 140 valence electrons. The summed E-state index contributed by atoms with van der Waals surface area (Å²) in [6, 6.07) is 10.7. The second-order valence-electron chi connectivity index (χ2n) is 6.87. The van der Waals surface area contributed by atoms with E-state index in [9.17, 15) is 13.2 Å². The maximum atomic E-state index is 13.0. The predicted octanol–water partition coefficient (Wildman–Crippen LogP) is 2.48. The molecule has 0 saturated heterocycles. The first kappa shape index (κ1) is 18.7. The van der Waals surface area contributed by atoms with Crippen LogP contribution in [-0.4, -0.2) is 52.6 Å². The van der Waals surface area contributed by atoms with E-state index in [0.717, 1.165) is 5.39 Å². The van der Waals surface area contributed by atoms with Gasteiger partial charge in [0.25, 0.3) is 10.0 Å². The molecule has 1 amide bonds. The molecule has 7 heteroatoms. The maximum Gasteiger partial charge on any atom is 0.265 e. The van der Waals surface area contributed by atoms with Crippen molar-refractivity contribution in [1.82, 2.24) is 4.90 Å². The second kappa shape index (κ2) is 7.25. The van der Waals surface area contributed by atoms with Gasteiger partial charge in [-0.15, -0.1) is 0 Å². The van der Waals surface area contributed by atoms with Gasteiger partial charge in [0.15, 0.2) is 0 Å². The standard InChI is InChI=1S/C19H24N2O4S/c1-14(2)12-20(10-11-25-3)18(22)13-21-16-8-4-6-15-7-5-9-17(19(15)16)26(21,23)24/h4-9,14H,10-13H2,1-3H3. The Hall–Kier alpha value is -2.12. The van der Waals surface area contributed by atoms with Gasteiger partial charge in [0.05, 0.1) is 17.2 Å². The normalized spacial score (nSPS) is 15.0. The number of hydrogen-bond acceptors (Lipinski definition) is 4. The summed E-state index contributed by atoms with van der Waals surface area (Å²) in [6.07, 6.45) is 0. The van der Waals surface area contributed by atoms with E-state index in [1.807, 2.05) is 32.0 Å². The van der Waals surface area contributed by atoms with Gasteiger partial charge in [-0.05, 0) is 23.4 Å². The molecule has 0 saturated carbocycles. The van der Waals surface area contributed by atoms with Crippen LogP contribution in [0.1, 0.15) is 13.8 Å². The Morgan fingerprint density at radius 1 is 1.19 bits per heavy atom. The Labute approximate surface area is 154 Å². The molecule has 0 fully saturated rings. The van der Waals surface area contributed by atoms with Crippen LogP contribution in [0.15, 0.2) is 41.3 Å². The van der Waals surface area contributed by atoms with Crippen LogP contribution in [0.5, 0.6) is 0 Å². The monoisotopic (exact) mass is 376 g/mol. The fraction of sp³-hybridized carbons (Fsp3) is 0.421. The highest BCUT2D eigenvalue weighted by atomic mass is 32.2. The molecule has 3 rings (SSSR count). The lowest BCUT2D eigenvalue weighted by Crippen LogP contribution is -2.44. The minimum atomic E-state index is -3.72. The van der Waals surface area contributed by atoms with Crippen molar-refractivity contribution >= 4 is 32.4 Å². The highest BCUT2D eigenvalue weighted by molar-refractivity contribution is 7.93. The quantitative estimate of drug-likeness (QED) is 0.745. The molecule has 2 aromatic carbocycles. The molecule has 0 aliphatic carbocycles. The molecule has 1 heterocycles. The predicted molar refractivity (Wildman–Crippen MR) is 102 cm³/mol. The highest BCUT2D eigenvalue weighted by Gasteiger charge is 2.37. The van der Waals surface area contributed by atoms with Gasteiger partial charge in [-0.1, -0.05) is 38.1 Å². The van der Waals surface area contributed by atoms with Crippen molar-refractivity contribution in [2.75, 3.05) is 37.7 Å². The van der Waals surface area contributed by atoms with Crippen molar-refractivity contribution in [3.63, 3.8) is 0 Å². The lowest BCUT2D eigenvalue weighted by Gasteiger charge is -2.27. The Kier molecular flexibility index (Phi) is 5.20. The lowest BCUT2D eigenvalue weighted by atomic mass is 10.1. The van der Waals surface area contributed by atoms with Gasteiger partial charge in [-0.25, -0.2) is 8.42 Å². The van der Waals surface area contributed by atoms with Crippen LogP contribution in [0, 0.1) is 5.92 Å². The Morgan fingerprint density at radius 2 is 1.88 bits per heavy atom. The van der Waals surface area contributed by atoms with Gasteiger partial charge in [0.2, 0.25) is 5.91 Å². The van der Waals surface area contributed by atoms with E-state index in [4.69, 9.17) is 4.74 Å². The van der Waals surface area contributed by atoms with Crippen LogP contribution in [0.3, 0.4) is 0 Å². The summed E-state index contributed by atoms with van der Waals surface area (Å²) in [7, 11) is -2.14. The molecule has 1 aliphatic heterocycles. The third kappa shape index (κ3) is 3.29. The first-order valence-corrected chi connectivity index (χ1v) is 10.1. The first-order chi connectivity index (χ1) is 12.4. The number of anilines is 1. The van der Waals surface area contributed by atoms with E-state index in [-0.39, 0.29) is 23.3 Å². The Balaban J connectivity index is 1.92. The number of amides is 1. The zero-order valence-corrected chi connectivity index (χ0v) is 16.1. The minimum absolute atomic E-state index is 0.202. The van der Waals surface area contributed by atoms with Crippen molar-refractivity contribution in [2.24, 2.45) is 5.92 Å². The smallest absolute Gasteiger partial charge is 0.265 e. The van der Waals surface area contributed by atoms with Crippen molar-refractivity contribution in [2.45, 2.75) is 18.7 Å². The Morgan fingerprint density at radius 3 is 2.54 bits per heavy atom. The molecule has 1 aliphatic rings. The van der Waals surface area contributed by atoms with Crippen molar-refractivity contribution in [1.29, 1.82) is 0 Å². The van der Waals surface area contributed by atoms with Gasteiger partial charge in [0.1, 0.15) is 6.54 Å². The van der Waals surface area contributed by atoms with Crippen molar-refractivity contribution in [3.05, 3.63) is 36.4 Å². The molecule has 26 heavy (non-hydrogen) atoms. The third-order valence-electron chi connectivity index (χ3n) is 4.46.